The number of benzene rings is 1. The average molecular weight is 348 g/mol. The van der Waals surface area contributed by atoms with Crippen molar-refractivity contribution in [2.75, 3.05) is 38.0 Å². The van der Waals surface area contributed by atoms with E-state index in [1.165, 1.54) is 12.1 Å². The molecule has 0 aromatic heterocycles. The topological polar surface area (TPSA) is 64.7 Å². The van der Waals surface area contributed by atoms with Crippen LogP contribution in [0.15, 0.2) is 24.3 Å². The van der Waals surface area contributed by atoms with Crippen LogP contribution in [0.3, 0.4) is 0 Å². The Morgan fingerprint density at radius 1 is 1.28 bits per heavy atom. The van der Waals surface area contributed by atoms with Gasteiger partial charge in [0.15, 0.2) is 0 Å². The Morgan fingerprint density at radius 2 is 2.08 bits per heavy atom. The van der Waals surface area contributed by atoms with Crippen LogP contribution in [0.2, 0.25) is 0 Å². The van der Waals surface area contributed by atoms with E-state index in [9.17, 15) is 14.0 Å². The minimum Gasteiger partial charge on any atom is -0.337 e. The number of likely N-dealkylation sites (tertiary alicyclic amines) is 1. The Hall–Kier alpha value is -2.15. The molecule has 2 heterocycles. The minimum atomic E-state index is -0.463. The molecule has 7 heteroatoms. The van der Waals surface area contributed by atoms with Crippen LogP contribution < -0.4 is 10.6 Å². The maximum Gasteiger partial charge on any atom is 0.321 e. The van der Waals surface area contributed by atoms with Crippen molar-refractivity contribution in [1.82, 2.24) is 15.1 Å². The van der Waals surface area contributed by atoms with Gasteiger partial charge in [-0.3, -0.25) is 4.79 Å². The van der Waals surface area contributed by atoms with E-state index in [0.717, 1.165) is 25.9 Å². The summed E-state index contributed by atoms with van der Waals surface area (Å²) in [6.07, 6.45) is 1.57. The van der Waals surface area contributed by atoms with Gasteiger partial charge in [0.05, 0.1) is 11.6 Å². The molecule has 1 aromatic carbocycles. The fourth-order valence-electron chi connectivity index (χ4n) is 3.52. The lowest BCUT2D eigenvalue weighted by Gasteiger charge is -2.39. The fourth-order valence-corrected chi connectivity index (χ4v) is 3.52. The summed E-state index contributed by atoms with van der Waals surface area (Å²) in [6, 6.07) is 5.91. The van der Waals surface area contributed by atoms with Crippen molar-refractivity contribution in [3.63, 3.8) is 0 Å². The number of rotatable bonds is 2. The van der Waals surface area contributed by atoms with Crippen molar-refractivity contribution in [2.45, 2.75) is 25.8 Å². The molecule has 2 fully saturated rings. The summed E-state index contributed by atoms with van der Waals surface area (Å²) in [7, 11) is 0. The molecule has 0 radical (unpaired) electrons. The Labute approximate surface area is 147 Å². The van der Waals surface area contributed by atoms with Crippen molar-refractivity contribution < 1.29 is 14.0 Å². The molecule has 0 bridgehead atoms. The molecule has 136 valence electrons. The summed E-state index contributed by atoms with van der Waals surface area (Å²) in [5.41, 5.74) is 0.164. The van der Waals surface area contributed by atoms with Crippen molar-refractivity contribution in [1.29, 1.82) is 0 Å². The van der Waals surface area contributed by atoms with Gasteiger partial charge in [-0.15, -0.1) is 0 Å². The lowest BCUT2D eigenvalue weighted by atomic mass is 9.95. The normalized spacial score (nSPS) is 24.1. The van der Waals surface area contributed by atoms with Gasteiger partial charge in [-0.05, 0) is 31.9 Å². The van der Waals surface area contributed by atoms with Gasteiger partial charge in [0, 0.05) is 38.8 Å². The third-order valence-corrected chi connectivity index (χ3v) is 4.96. The van der Waals surface area contributed by atoms with Crippen LogP contribution in [-0.2, 0) is 4.79 Å². The first-order valence-corrected chi connectivity index (χ1v) is 8.88. The summed E-state index contributed by atoms with van der Waals surface area (Å²) < 4.78 is 13.7. The first kappa shape index (κ1) is 17.7. The van der Waals surface area contributed by atoms with Crippen LogP contribution in [0.4, 0.5) is 14.9 Å². The molecule has 2 aliphatic rings. The van der Waals surface area contributed by atoms with E-state index in [2.05, 4.69) is 10.6 Å². The molecule has 0 saturated carbocycles. The second kappa shape index (κ2) is 7.82. The maximum atomic E-state index is 13.7. The molecule has 3 rings (SSSR count). The van der Waals surface area contributed by atoms with Gasteiger partial charge < -0.3 is 20.4 Å². The number of carbonyl (C=O) groups excluding carboxylic acids is 2. The second-order valence-electron chi connectivity index (χ2n) is 6.78. The van der Waals surface area contributed by atoms with Crippen LogP contribution in [0.25, 0.3) is 0 Å². The summed E-state index contributed by atoms with van der Waals surface area (Å²) in [6.45, 7) is 5.32. The van der Waals surface area contributed by atoms with E-state index < -0.39 is 5.82 Å². The van der Waals surface area contributed by atoms with Gasteiger partial charge in [-0.1, -0.05) is 12.1 Å². The predicted molar refractivity (Wildman–Crippen MR) is 93.8 cm³/mol. The zero-order chi connectivity index (χ0) is 17.8. The van der Waals surface area contributed by atoms with Crippen LogP contribution in [-0.4, -0.2) is 60.5 Å². The van der Waals surface area contributed by atoms with E-state index in [1.807, 2.05) is 11.8 Å². The summed E-state index contributed by atoms with van der Waals surface area (Å²) >= 11 is 0. The predicted octanol–water partition coefficient (Wildman–Crippen LogP) is 1.89. The molecule has 0 aliphatic carbocycles. The molecule has 3 amide bonds. The molecular formula is C18H25FN4O2. The number of anilines is 1. The molecule has 2 saturated heterocycles. The molecule has 1 aromatic rings. The molecule has 25 heavy (non-hydrogen) atoms. The number of carbonyl (C=O) groups is 2. The molecule has 1 unspecified atom stereocenters. The van der Waals surface area contributed by atoms with Gasteiger partial charge in [-0.2, -0.15) is 0 Å². The highest BCUT2D eigenvalue weighted by Crippen LogP contribution is 2.22. The van der Waals surface area contributed by atoms with Crippen LogP contribution in [0, 0.1) is 11.7 Å². The number of halogens is 1. The highest BCUT2D eigenvalue weighted by molar-refractivity contribution is 5.90. The van der Waals surface area contributed by atoms with Gasteiger partial charge >= 0.3 is 6.03 Å². The summed E-state index contributed by atoms with van der Waals surface area (Å²) in [5, 5.41) is 5.88. The third-order valence-electron chi connectivity index (χ3n) is 4.96. The number of urea groups is 1. The lowest BCUT2D eigenvalue weighted by Crippen LogP contribution is -2.56. The molecule has 2 N–H and O–H groups in total. The third kappa shape index (κ3) is 4.10. The Bertz CT molecular complexity index is 639. The molecule has 6 nitrogen and oxygen atoms in total. The van der Waals surface area contributed by atoms with Gasteiger partial charge in [0.1, 0.15) is 5.82 Å². The molecule has 0 spiro atoms. The first-order chi connectivity index (χ1) is 12.1. The van der Waals surface area contributed by atoms with E-state index in [1.54, 1.807) is 17.0 Å². The SMILES string of the molecule is C[C@@H]1CNCCN1C(=O)C1CCCN(C(=O)Nc2ccccc2F)C1. The zero-order valence-corrected chi connectivity index (χ0v) is 14.5. The number of piperazine rings is 1. The van der Waals surface area contributed by atoms with Gasteiger partial charge in [0.25, 0.3) is 0 Å². The Morgan fingerprint density at radius 3 is 2.84 bits per heavy atom. The van der Waals surface area contributed by atoms with Crippen LogP contribution in [0.5, 0.6) is 0 Å². The highest BCUT2D eigenvalue weighted by Gasteiger charge is 2.33. The van der Waals surface area contributed by atoms with Crippen molar-refractivity contribution in [3.05, 3.63) is 30.1 Å². The average Bonchev–Trinajstić information content (AvgIpc) is 2.63. The van der Waals surface area contributed by atoms with Crippen molar-refractivity contribution in [2.24, 2.45) is 5.92 Å². The fraction of sp³-hybridized carbons (Fsp3) is 0.556. The zero-order valence-electron chi connectivity index (χ0n) is 14.5. The first-order valence-electron chi connectivity index (χ1n) is 8.88. The second-order valence-corrected chi connectivity index (χ2v) is 6.78. The number of nitrogens with zero attached hydrogens (tertiary/aromatic N) is 2. The Kier molecular flexibility index (Phi) is 5.53. The number of amides is 3. The molecule has 2 aliphatic heterocycles. The summed E-state index contributed by atoms with van der Waals surface area (Å²) in [5.74, 6) is -0.520. The molecular weight excluding hydrogens is 323 g/mol. The smallest absolute Gasteiger partial charge is 0.321 e. The number of para-hydroxylation sites is 1. The van der Waals surface area contributed by atoms with E-state index in [4.69, 9.17) is 0 Å². The van der Waals surface area contributed by atoms with Crippen molar-refractivity contribution in [3.8, 4) is 0 Å². The highest BCUT2D eigenvalue weighted by atomic mass is 19.1. The van der Waals surface area contributed by atoms with Gasteiger partial charge in [-0.25, -0.2) is 9.18 Å². The standard InChI is InChI=1S/C18H25FN4O2/c1-13-11-20-8-10-23(13)17(24)14-5-4-9-22(12-14)18(25)21-16-7-3-2-6-15(16)19/h2-3,6-7,13-14,20H,4-5,8-12H2,1H3,(H,21,25)/t13-,14?/m1/s1. The number of hydrogen-bond donors (Lipinski definition) is 2. The largest absolute Gasteiger partial charge is 0.337 e. The minimum absolute atomic E-state index is 0.123. The van der Waals surface area contributed by atoms with Crippen molar-refractivity contribution >= 4 is 17.6 Å². The summed E-state index contributed by atoms with van der Waals surface area (Å²) in [4.78, 5) is 28.8. The maximum absolute atomic E-state index is 13.7. The quantitative estimate of drug-likeness (QED) is 0.858. The van der Waals surface area contributed by atoms with E-state index in [-0.39, 0.29) is 29.6 Å². The number of hydrogen-bond acceptors (Lipinski definition) is 3. The Balaban J connectivity index is 1.61. The van der Waals surface area contributed by atoms with Crippen LogP contribution >= 0.6 is 0 Å². The van der Waals surface area contributed by atoms with E-state index >= 15 is 0 Å². The van der Waals surface area contributed by atoms with E-state index in [0.29, 0.717) is 19.6 Å². The lowest BCUT2D eigenvalue weighted by molar-refractivity contribution is -0.139. The molecule has 2 atom stereocenters. The monoisotopic (exact) mass is 348 g/mol. The van der Waals surface area contributed by atoms with Crippen LogP contribution in [0.1, 0.15) is 19.8 Å². The number of piperidine rings is 1. The number of nitrogens with one attached hydrogen (secondary N) is 2. The van der Waals surface area contributed by atoms with Gasteiger partial charge in [0.2, 0.25) is 5.91 Å².